The van der Waals surface area contributed by atoms with Crippen molar-refractivity contribution in [1.29, 1.82) is 0 Å². The summed E-state index contributed by atoms with van der Waals surface area (Å²) >= 11 is 0. The Morgan fingerprint density at radius 3 is 1.35 bits per heavy atom. The molecule has 0 amide bonds. The molecule has 0 N–H and O–H groups in total. The van der Waals surface area contributed by atoms with Crippen LogP contribution in [-0.2, 0) is 0 Å². The molecule has 13 aromatic carbocycles. The summed E-state index contributed by atoms with van der Waals surface area (Å²) < 4.78 is 0. The van der Waals surface area contributed by atoms with Crippen molar-refractivity contribution in [2.45, 2.75) is 0 Å². The molecule has 0 aliphatic rings. The average molecular weight is 876 g/mol. The molecule has 0 heterocycles. The molecule has 0 fully saturated rings. The zero-order valence-electron chi connectivity index (χ0n) is 37.9. The Morgan fingerprint density at radius 2 is 0.652 bits per heavy atom. The van der Waals surface area contributed by atoms with Crippen LogP contribution in [0.15, 0.2) is 273 Å². The predicted molar refractivity (Wildman–Crippen MR) is 296 cm³/mol. The summed E-state index contributed by atoms with van der Waals surface area (Å²) in [5.41, 5.74) is 15.3. The van der Waals surface area contributed by atoms with Crippen LogP contribution in [0.5, 0.6) is 0 Å². The van der Waals surface area contributed by atoms with E-state index >= 15 is 0 Å². The number of nitrogens with zero attached hydrogens (tertiary/aromatic N) is 1. The normalized spacial score (nSPS) is 11.5. The predicted octanol–water partition coefficient (Wildman–Crippen LogP) is 19.3. The van der Waals surface area contributed by atoms with E-state index in [1.165, 1.54) is 104 Å². The molecule has 0 saturated carbocycles. The second kappa shape index (κ2) is 17.0. The molecular formula is C68H45N. The van der Waals surface area contributed by atoms with Crippen molar-refractivity contribution < 1.29 is 0 Å². The van der Waals surface area contributed by atoms with Crippen LogP contribution < -0.4 is 4.90 Å². The molecule has 322 valence electrons. The van der Waals surface area contributed by atoms with Crippen molar-refractivity contribution >= 4 is 70.9 Å². The molecule has 0 aliphatic heterocycles. The van der Waals surface area contributed by atoms with Crippen molar-refractivity contribution in [2.75, 3.05) is 4.90 Å². The molecule has 0 unspecified atom stereocenters. The maximum absolute atomic E-state index is 2.41. The van der Waals surface area contributed by atoms with Crippen molar-refractivity contribution in [3.05, 3.63) is 273 Å². The maximum Gasteiger partial charge on any atom is 0.0467 e. The van der Waals surface area contributed by atoms with Gasteiger partial charge in [-0.15, -0.1) is 0 Å². The number of anilines is 3. The molecule has 0 spiro atoms. The zero-order chi connectivity index (χ0) is 45.7. The monoisotopic (exact) mass is 875 g/mol. The van der Waals surface area contributed by atoms with Crippen molar-refractivity contribution in [1.82, 2.24) is 0 Å². The highest BCUT2D eigenvalue weighted by atomic mass is 15.1. The summed E-state index contributed by atoms with van der Waals surface area (Å²) in [4.78, 5) is 2.39. The van der Waals surface area contributed by atoms with E-state index in [0.717, 1.165) is 22.6 Å². The summed E-state index contributed by atoms with van der Waals surface area (Å²) in [6.07, 6.45) is 0. The fraction of sp³-hybridized carbons (Fsp3) is 0. The highest BCUT2D eigenvalue weighted by Crippen LogP contribution is 2.46. The van der Waals surface area contributed by atoms with Gasteiger partial charge in [-0.05, 0) is 164 Å². The minimum atomic E-state index is 1.08. The van der Waals surface area contributed by atoms with Crippen LogP contribution in [-0.4, -0.2) is 0 Å². The lowest BCUT2D eigenvalue weighted by atomic mass is 9.84. The first kappa shape index (κ1) is 40.3. The molecule has 0 aliphatic carbocycles. The lowest BCUT2D eigenvalue weighted by Crippen LogP contribution is -2.10. The molecule has 0 aromatic heterocycles. The Morgan fingerprint density at radius 1 is 0.188 bits per heavy atom. The van der Waals surface area contributed by atoms with E-state index < -0.39 is 0 Å². The lowest BCUT2D eigenvalue weighted by Gasteiger charge is -2.26. The van der Waals surface area contributed by atoms with Gasteiger partial charge >= 0.3 is 0 Å². The van der Waals surface area contributed by atoms with Gasteiger partial charge in [0.05, 0.1) is 0 Å². The first-order chi connectivity index (χ1) is 34.2. The number of hydrogen-bond acceptors (Lipinski definition) is 1. The van der Waals surface area contributed by atoms with Crippen LogP contribution >= 0.6 is 0 Å². The minimum absolute atomic E-state index is 1.08. The van der Waals surface area contributed by atoms with E-state index in [4.69, 9.17) is 0 Å². The summed E-state index contributed by atoms with van der Waals surface area (Å²) in [5, 5.41) is 12.5. The van der Waals surface area contributed by atoms with Crippen LogP contribution in [0.1, 0.15) is 0 Å². The molecule has 0 saturated heterocycles. The van der Waals surface area contributed by atoms with Gasteiger partial charge in [-0.1, -0.05) is 218 Å². The molecule has 0 atom stereocenters. The van der Waals surface area contributed by atoms with Crippen molar-refractivity contribution in [3.8, 4) is 55.6 Å². The molecule has 1 heteroatoms. The van der Waals surface area contributed by atoms with E-state index in [1.54, 1.807) is 0 Å². The second-order valence-electron chi connectivity index (χ2n) is 18.0. The Kier molecular flexibility index (Phi) is 9.91. The number of benzene rings is 13. The maximum atomic E-state index is 2.41. The zero-order valence-corrected chi connectivity index (χ0v) is 37.9. The molecule has 0 radical (unpaired) electrons. The van der Waals surface area contributed by atoms with Gasteiger partial charge in [0.25, 0.3) is 0 Å². The highest BCUT2D eigenvalue weighted by Gasteiger charge is 2.20. The fourth-order valence-electron chi connectivity index (χ4n) is 10.7. The van der Waals surface area contributed by atoms with Crippen LogP contribution in [0.3, 0.4) is 0 Å². The molecule has 69 heavy (non-hydrogen) atoms. The first-order valence-electron chi connectivity index (χ1n) is 23.8. The van der Waals surface area contributed by atoms with E-state index in [0.29, 0.717) is 0 Å². The van der Waals surface area contributed by atoms with Gasteiger partial charge in [-0.3, -0.25) is 0 Å². The Bertz CT molecular complexity index is 4040. The third-order valence-corrected chi connectivity index (χ3v) is 14.0. The number of rotatable bonds is 8. The molecule has 13 aromatic rings. The molecular weight excluding hydrogens is 831 g/mol. The third kappa shape index (κ3) is 7.20. The van der Waals surface area contributed by atoms with E-state index in [2.05, 4.69) is 278 Å². The van der Waals surface area contributed by atoms with Crippen molar-refractivity contribution in [3.63, 3.8) is 0 Å². The average Bonchev–Trinajstić information content (AvgIpc) is 3.43. The van der Waals surface area contributed by atoms with Gasteiger partial charge in [0.2, 0.25) is 0 Å². The quantitative estimate of drug-likeness (QED) is 0.138. The van der Waals surface area contributed by atoms with Gasteiger partial charge in [0, 0.05) is 17.1 Å². The number of hydrogen-bond donors (Lipinski definition) is 0. The summed E-state index contributed by atoms with van der Waals surface area (Å²) in [6, 6.07) is 100. The van der Waals surface area contributed by atoms with E-state index in [-0.39, 0.29) is 0 Å². The van der Waals surface area contributed by atoms with Gasteiger partial charge in [-0.25, -0.2) is 0 Å². The molecule has 0 bridgehead atoms. The topological polar surface area (TPSA) is 3.24 Å². The largest absolute Gasteiger partial charge is 0.310 e. The van der Waals surface area contributed by atoms with Gasteiger partial charge < -0.3 is 4.90 Å². The Balaban J connectivity index is 0.944. The Hall–Kier alpha value is -9.04. The van der Waals surface area contributed by atoms with Gasteiger partial charge in [-0.2, -0.15) is 0 Å². The van der Waals surface area contributed by atoms with E-state index in [1.807, 2.05) is 0 Å². The van der Waals surface area contributed by atoms with Crippen LogP contribution in [0.4, 0.5) is 17.1 Å². The third-order valence-electron chi connectivity index (χ3n) is 14.0. The SMILES string of the molecule is c1ccc(-c2c(-c3ccccc3)c3cc(-c4ccc(N(c5ccc(-c6cc7ccccc7c7ccccc67)cc5)c5cccc(-c6ccc7ccccc7c6)c5)cc4)ccc3c3ccccc23)cc1. The van der Waals surface area contributed by atoms with Crippen LogP contribution in [0.25, 0.3) is 109 Å². The standard InChI is InChI=1S/C68H45N/c1-3-17-49(18-4-1)67-64-29-14-13-27-61(64)63-41-36-54(44-66(63)68(67)50-19-5-2-6-20-50)47-32-37-56(38-33-47)69(58-24-15-23-52(43-58)53-31-30-46-16-7-8-21-51(46)42-53)57-39-34-48(35-40-57)65-45-55-22-9-10-25-59(55)60-26-11-12-28-62(60)65/h1-45H. The van der Waals surface area contributed by atoms with Gasteiger partial charge in [0.1, 0.15) is 0 Å². The van der Waals surface area contributed by atoms with Gasteiger partial charge in [0.15, 0.2) is 0 Å². The summed E-state index contributed by atoms with van der Waals surface area (Å²) in [5.74, 6) is 0. The molecule has 1 nitrogen and oxygen atoms in total. The van der Waals surface area contributed by atoms with Crippen LogP contribution in [0, 0.1) is 0 Å². The highest BCUT2D eigenvalue weighted by molar-refractivity contribution is 6.22. The second-order valence-corrected chi connectivity index (χ2v) is 18.0. The van der Waals surface area contributed by atoms with E-state index in [9.17, 15) is 0 Å². The first-order valence-corrected chi connectivity index (χ1v) is 23.8. The van der Waals surface area contributed by atoms with Crippen LogP contribution in [0.2, 0.25) is 0 Å². The number of fused-ring (bicyclic) bond motifs is 7. The summed E-state index contributed by atoms with van der Waals surface area (Å²) in [6.45, 7) is 0. The van der Waals surface area contributed by atoms with Crippen molar-refractivity contribution in [2.24, 2.45) is 0 Å². The molecule has 13 rings (SSSR count). The minimum Gasteiger partial charge on any atom is -0.310 e. The smallest absolute Gasteiger partial charge is 0.0467 e. The Labute approximate surface area is 402 Å². The fourth-order valence-corrected chi connectivity index (χ4v) is 10.7. The lowest BCUT2D eigenvalue weighted by molar-refractivity contribution is 1.28. The summed E-state index contributed by atoms with van der Waals surface area (Å²) in [7, 11) is 0.